The molecule has 0 bridgehead atoms. The third kappa shape index (κ3) is 4.18. The molecule has 4 N–H and O–H groups in total. The number of imidazole rings is 1. The standard InChI is InChI=1S/C18H25N5O4S/c1-5-27-9-14-21-15-16(23(14)10-18(2,3)22-28(4,25)26)12-8-11(24)6-7-13(12)20-17(15)19/h6-8,22,24H,5,9-10H2,1-4H3,(H2,19,20). The average Bonchev–Trinajstić information content (AvgIpc) is 2.90. The Kier molecular flexibility index (Phi) is 5.22. The number of phenols is 1. The van der Waals surface area contributed by atoms with Gasteiger partial charge in [0.15, 0.2) is 5.82 Å². The van der Waals surface area contributed by atoms with Crippen molar-refractivity contribution in [1.29, 1.82) is 0 Å². The lowest BCUT2D eigenvalue weighted by atomic mass is 10.1. The Labute approximate surface area is 163 Å². The van der Waals surface area contributed by atoms with Crippen LogP contribution in [0.4, 0.5) is 5.82 Å². The van der Waals surface area contributed by atoms with E-state index in [-0.39, 0.29) is 24.7 Å². The number of anilines is 1. The molecule has 28 heavy (non-hydrogen) atoms. The van der Waals surface area contributed by atoms with Gasteiger partial charge in [-0.05, 0) is 39.0 Å². The van der Waals surface area contributed by atoms with Gasteiger partial charge in [-0.15, -0.1) is 0 Å². The van der Waals surface area contributed by atoms with Crippen molar-refractivity contribution in [3.63, 3.8) is 0 Å². The molecule has 0 radical (unpaired) electrons. The van der Waals surface area contributed by atoms with Gasteiger partial charge >= 0.3 is 0 Å². The number of hydrogen-bond donors (Lipinski definition) is 3. The van der Waals surface area contributed by atoms with Gasteiger partial charge in [0.2, 0.25) is 10.0 Å². The smallest absolute Gasteiger partial charge is 0.209 e. The second-order valence-corrected chi connectivity index (χ2v) is 9.15. The summed E-state index contributed by atoms with van der Waals surface area (Å²) in [5, 5.41) is 10.7. The number of benzene rings is 1. The lowest BCUT2D eigenvalue weighted by Crippen LogP contribution is -2.46. The van der Waals surface area contributed by atoms with Gasteiger partial charge < -0.3 is 20.1 Å². The van der Waals surface area contributed by atoms with Crippen molar-refractivity contribution < 1.29 is 18.3 Å². The summed E-state index contributed by atoms with van der Waals surface area (Å²) in [6.45, 7) is 6.48. The Morgan fingerprint density at radius 3 is 2.68 bits per heavy atom. The maximum absolute atomic E-state index is 11.8. The Balaban J connectivity index is 2.27. The number of phenolic OH excluding ortho intramolecular Hbond substituents is 1. The first-order valence-corrected chi connectivity index (χ1v) is 10.7. The molecule has 10 heteroatoms. The number of ether oxygens (including phenoxy) is 1. The van der Waals surface area contributed by atoms with Gasteiger partial charge in [0.1, 0.15) is 23.7 Å². The van der Waals surface area contributed by atoms with Gasteiger partial charge in [0.05, 0.1) is 17.3 Å². The maximum atomic E-state index is 11.8. The predicted octanol–water partition coefficient (Wildman–Crippen LogP) is 1.74. The van der Waals surface area contributed by atoms with Crippen molar-refractivity contribution in [2.45, 2.75) is 39.5 Å². The van der Waals surface area contributed by atoms with Crippen LogP contribution in [0.5, 0.6) is 5.75 Å². The molecule has 0 atom stereocenters. The van der Waals surface area contributed by atoms with Crippen LogP contribution in [0.2, 0.25) is 0 Å². The van der Waals surface area contributed by atoms with Crippen molar-refractivity contribution in [3.05, 3.63) is 24.0 Å². The number of nitrogens with zero attached hydrogens (tertiary/aromatic N) is 3. The van der Waals surface area contributed by atoms with Crippen LogP contribution >= 0.6 is 0 Å². The van der Waals surface area contributed by atoms with Gasteiger partial charge in [0, 0.05) is 24.1 Å². The first-order chi connectivity index (χ1) is 13.0. The van der Waals surface area contributed by atoms with Crippen LogP contribution in [0.25, 0.3) is 21.9 Å². The van der Waals surface area contributed by atoms with Crippen LogP contribution in [0.15, 0.2) is 18.2 Å². The van der Waals surface area contributed by atoms with Crippen LogP contribution in [-0.4, -0.2) is 46.5 Å². The third-order valence-corrected chi connectivity index (χ3v) is 5.14. The largest absolute Gasteiger partial charge is 0.508 e. The molecule has 0 amide bonds. The number of nitrogens with two attached hydrogens (primary N) is 1. The molecule has 9 nitrogen and oxygen atoms in total. The summed E-state index contributed by atoms with van der Waals surface area (Å²) >= 11 is 0. The summed E-state index contributed by atoms with van der Waals surface area (Å²) < 4.78 is 33.6. The number of aromatic hydroxyl groups is 1. The second kappa shape index (κ2) is 7.19. The molecular weight excluding hydrogens is 382 g/mol. The van der Waals surface area contributed by atoms with E-state index in [0.717, 1.165) is 6.26 Å². The average molecular weight is 407 g/mol. The normalized spacial score (nSPS) is 12.9. The zero-order valence-electron chi connectivity index (χ0n) is 16.4. The number of rotatable bonds is 7. The molecule has 0 spiro atoms. The highest BCUT2D eigenvalue weighted by Crippen LogP contribution is 2.32. The van der Waals surface area contributed by atoms with E-state index >= 15 is 0 Å². The number of hydrogen-bond acceptors (Lipinski definition) is 7. The van der Waals surface area contributed by atoms with Crippen molar-refractivity contribution >= 4 is 37.8 Å². The molecule has 152 valence electrons. The first-order valence-electron chi connectivity index (χ1n) is 8.85. The highest BCUT2D eigenvalue weighted by molar-refractivity contribution is 7.88. The van der Waals surface area contributed by atoms with E-state index in [0.29, 0.717) is 34.4 Å². The topological polar surface area (TPSA) is 132 Å². The molecule has 2 heterocycles. The van der Waals surface area contributed by atoms with Crippen LogP contribution in [-0.2, 0) is 27.9 Å². The summed E-state index contributed by atoms with van der Waals surface area (Å²) in [5.74, 6) is 0.955. The fourth-order valence-electron chi connectivity index (χ4n) is 3.35. The van der Waals surface area contributed by atoms with Crippen LogP contribution in [0.1, 0.15) is 26.6 Å². The fraction of sp³-hybridized carbons (Fsp3) is 0.444. The van der Waals surface area contributed by atoms with Crippen LogP contribution in [0.3, 0.4) is 0 Å². The first kappa shape index (κ1) is 20.3. The van der Waals surface area contributed by atoms with E-state index in [1.54, 1.807) is 26.0 Å². The molecule has 0 saturated heterocycles. The molecule has 0 aliphatic carbocycles. The molecule has 3 rings (SSSR count). The molecule has 0 saturated carbocycles. The van der Waals surface area contributed by atoms with Crippen LogP contribution < -0.4 is 10.5 Å². The summed E-state index contributed by atoms with van der Waals surface area (Å²) in [7, 11) is -3.42. The van der Waals surface area contributed by atoms with Gasteiger partial charge in [-0.3, -0.25) is 0 Å². The zero-order chi connectivity index (χ0) is 20.7. The zero-order valence-corrected chi connectivity index (χ0v) is 17.2. The highest BCUT2D eigenvalue weighted by atomic mass is 32.2. The molecule has 2 aromatic heterocycles. The SMILES string of the molecule is CCOCc1nc2c(N)nc3ccc(O)cc3c2n1CC(C)(C)NS(C)(=O)=O. The number of pyridine rings is 1. The summed E-state index contributed by atoms with van der Waals surface area (Å²) in [6.07, 6.45) is 1.12. The summed E-state index contributed by atoms with van der Waals surface area (Å²) in [6, 6.07) is 4.82. The summed E-state index contributed by atoms with van der Waals surface area (Å²) in [5.41, 5.74) is 7.11. The lowest BCUT2D eigenvalue weighted by molar-refractivity contribution is 0.125. The number of sulfonamides is 1. The van der Waals surface area contributed by atoms with E-state index in [4.69, 9.17) is 10.5 Å². The molecule has 0 aliphatic heterocycles. The molecule has 0 fully saturated rings. The van der Waals surface area contributed by atoms with Crippen molar-refractivity contribution in [2.24, 2.45) is 0 Å². The highest BCUT2D eigenvalue weighted by Gasteiger charge is 2.27. The quantitative estimate of drug-likeness (QED) is 0.543. The van der Waals surface area contributed by atoms with Crippen LogP contribution in [0, 0.1) is 0 Å². The number of nitrogen functional groups attached to an aromatic ring is 1. The third-order valence-electron chi connectivity index (χ3n) is 4.22. The van der Waals surface area contributed by atoms with Gasteiger partial charge in [-0.25, -0.2) is 23.1 Å². The molecule has 1 aromatic carbocycles. The molecule has 3 aromatic rings. The lowest BCUT2D eigenvalue weighted by Gasteiger charge is -2.27. The molecule has 0 aliphatic rings. The van der Waals surface area contributed by atoms with Crippen molar-refractivity contribution in [1.82, 2.24) is 19.3 Å². The van der Waals surface area contributed by atoms with Gasteiger partial charge in [-0.1, -0.05) is 0 Å². The van der Waals surface area contributed by atoms with E-state index in [2.05, 4.69) is 14.7 Å². The fourth-order valence-corrected chi connectivity index (χ4v) is 4.42. The van der Waals surface area contributed by atoms with Gasteiger partial charge in [-0.2, -0.15) is 0 Å². The number of nitrogens with one attached hydrogen (secondary N) is 1. The van der Waals surface area contributed by atoms with Gasteiger partial charge in [0.25, 0.3) is 0 Å². The molecular formula is C18H25N5O4S. The number of fused-ring (bicyclic) bond motifs is 3. The number of aromatic nitrogens is 3. The van der Waals surface area contributed by atoms with Crippen molar-refractivity contribution in [3.8, 4) is 5.75 Å². The maximum Gasteiger partial charge on any atom is 0.209 e. The Morgan fingerprint density at radius 1 is 1.32 bits per heavy atom. The minimum atomic E-state index is -3.42. The van der Waals surface area contributed by atoms with E-state index in [1.165, 1.54) is 6.07 Å². The van der Waals surface area contributed by atoms with E-state index in [1.807, 2.05) is 11.5 Å². The molecule has 0 unspecified atom stereocenters. The van der Waals surface area contributed by atoms with E-state index < -0.39 is 15.6 Å². The second-order valence-electron chi connectivity index (χ2n) is 7.41. The Bertz CT molecular complexity index is 1140. The Hall–Kier alpha value is -2.43. The van der Waals surface area contributed by atoms with E-state index in [9.17, 15) is 13.5 Å². The summed E-state index contributed by atoms with van der Waals surface area (Å²) in [4.78, 5) is 8.98. The minimum absolute atomic E-state index is 0.0907. The Morgan fingerprint density at radius 2 is 2.04 bits per heavy atom. The van der Waals surface area contributed by atoms with Crippen molar-refractivity contribution in [2.75, 3.05) is 18.6 Å². The monoisotopic (exact) mass is 407 g/mol. The minimum Gasteiger partial charge on any atom is -0.508 e. The predicted molar refractivity (Wildman–Crippen MR) is 108 cm³/mol.